The molecule has 2 rings (SSSR count). The number of hydrogen-bond donors (Lipinski definition) is 1. The highest BCUT2D eigenvalue weighted by atomic mass is 32.2. The fraction of sp³-hybridized carbons (Fsp3) is 0.357. The minimum absolute atomic E-state index is 0.0585. The predicted octanol–water partition coefficient (Wildman–Crippen LogP) is 1.74. The maximum atomic E-state index is 12.5. The zero-order chi connectivity index (χ0) is 15.6. The lowest BCUT2D eigenvalue weighted by molar-refractivity contribution is 0.461. The number of phenols is 1. The second kappa shape index (κ2) is 5.87. The van der Waals surface area contributed by atoms with Gasteiger partial charge in [0.2, 0.25) is 0 Å². The molecule has 0 amide bonds. The van der Waals surface area contributed by atoms with Crippen LogP contribution in [-0.4, -0.2) is 34.4 Å². The quantitative estimate of drug-likeness (QED) is 0.913. The van der Waals surface area contributed by atoms with Crippen LogP contribution in [0.3, 0.4) is 0 Å². The maximum Gasteiger partial charge on any atom is 0.262 e. The average Bonchev–Trinajstić information content (AvgIpc) is 2.83. The van der Waals surface area contributed by atoms with Crippen molar-refractivity contribution in [1.82, 2.24) is 13.9 Å². The van der Waals surface area contributed by atoms with Gasteiger partial charge in [-0.2, -0.15) is 4.31 Å². The lowest BCUT2D eigenvalue weighted by Crippen LogP contribution is -2.26. The van der Waals surface area contributed by atoms with Crippen molar-refractivity contribution in [2.24, 2.45) is 0 Å². The third-order valence-electron chi connectivity index (χ3n) is 3.31. The molecule has 2 aromatic rings. The number of sulfonamides is 1. The summed E-state index contributed by atoms with van der Waals surface area (Å²) in [5.74, 6) is 0.829. The number of nitrogens with zero attached hydrogens (tertiary/aromatic N) is 3. The van der Waals surface area contributed by atoms with Crippen LogP contribution in [-0.2, 0) is 23.1 Å². The van der Waals surface area contributed by atoms with Gasteiger partial charge in [0.15, 0.2) is 5.03 Å². The van der Waals surface area contributed by atoms with Gasteiger partial charge in [-0.1, -0.05) is 12.1 Å². The van der Waals surface area contributed by atoms with E-state index in [4.69, 9.17) is 0 Å². The highest BCUT2D eigenvalue weighted by Crippen LogP contribution is 2.17. The van der Waals surface area contributed by atoms with Crippen LogP contribution in [0.15, 0.2) is 35.5 Å². The van der Waals surface area contributed by atoms with Crippen LogP contribution in [0.2, 0.25) is 0 Å². The summed E-state index contributed by atoms with van der Waals surface area (Å²) in [4.78, 5) is 4.12. The summed E-state index contributed by atoms with van der Waals surface area (Å²) in [6, 6.07) is 6.45. The molecule has 7 heteroatoms. The molecule has 0 aliphatic heterocycles. The standard InChI is InChI=1S/C14H19N3O3S/c1-4-17-10-14(15-11(17)2)21(19,20)16(3)9-12-5-7-13(18)8-6-12/h5-8,10,18H,4,9H2,1-3H3. The van der Waals surface area contributed by atoms with Crippen molar-refractivity contribution in [3.63, 3.8) is 0 Å². The van der Waals surface area contributed by atoms with Crippen LogP contribution >= 0.6 is 0 Å². The van der Waals surface area contributed by atoms with E-state index >= 15 is 0 Å². The first-order valence-corrected chi connectivity index (χ1v) is 8.06. The summed E-state index contributed by atoms with van der Waals surface area (Å²) in [5.41, 5.74) is 0.797. The van der Waals surface area contributed by atoms with Gasteiger partial charge in [-0.25, -0.2) is 13.4 Å². The normalized spacial score (nSPS) is 12.0. The molecule has 0 aliphatic carbocycles. The molecule has 1 heterocycles. The zero-order valence-corrected chi connectivity index (χ0v) is 13.1. The number of rotatable bonds is 5. The molecule has 1 N–H and O–H groups in total. The van der Waals surface area contributed by atoms with E-state index in [1.54, 1.807) is 29.8 Å². The van der Waals surface area contributed by atoms with E-state index in [-0.39, 0.29) is 17.3 Å². The van der Waals surface area contributed by atoms with E-state index in [2.05, 4.69) is 4.98 Å². The molecule has 0 radical (unpaired) electrons. The van der Waals surface area contributed by atoms with Crippen molar-refractivity contribution in [2.75, 3.05) is 7.05 Å². The number of aromatic hydroxyl groups is 1. The lowest BCUT2D eigenvalue weighted by atomic mass is 10.2. The van der Waals surface area contributed by atoms with Gasteiger partial charge >= 0.3 is 0 Å². The summed E-state index contributed by atoms with van der Waals surface area (Å²) >= 11 is 0. The Labute approximate surface area is 124 Å². The van der Waals surface area contributed by atoms with Gasteiger partial charge in [0.05, 0.1) is 0 Å². The van der Waals surface area contributed by atoms with E-state index in [9.17, 15) is 13.5 Å². The number of phenolic OH excluding ortho intramolecular Hbond substituents is 1. The summed E-state index contributed by atoms with van der Waals surface area (Å²) in [7, 11) is -2.10. The molecular weight excluding hydrogens is 290 g/mol. The summed E-state index contributed by atoms with van der Waals surface area (Å²) < 4.78 is 28.0. The first-order chi connectivity index (χ1) is 9.84. The lowest BCUT2D eigenvalue weighted by Gasteiger charge is -2.15. The molecule has 6 nitrogen and oxygen atoms in total. The Bertz CT molecular complexity index is 720. The van der Waals surface area contributed by atoms with Gasteiger partial charge in [0.1, 0.15) is 11.6 Å². The topological polar surface area (TPSA) is 75.4 Å². The molecule has 0 fully saturated rings. The largest absolute Gasteiger partial charge is 0.508 e. The molecule has 0 spiro atoms. The number of benzene rings is 1. The minimum Gasteiger partial charge on any atom is -0.508 e. The van der Waals surface area contributed by atoms with Gasteiger partial charge in [-0.05, 0) is 31.5 Å². The molecule has 0 saturated heterocycles. The minimum atomic E-state index is -3.62. The van der Waals surface area contributed by atoms with Gasteiger partial charge in [0, 0.05) is 26.3 Å². The monoisotopic (exact) mass is 309 g/mol. The molecule has 0 unspecified atom stereocenters. The maximum absolute atomic E-state index is 12.5. The smallest absolute Gasteiger partial charge is 0.262 e. The van der Waals surface area contributed by atoms with E-state index in [1.165, 1.54) is 23.5 Å². The van der Waals surface area contributed by atoms with Crippen molar-refractivity contribution in [2.45, 2.75) is 32.0 Å². The Kier molecular flexibility index (Phi) is 4.34. The van der Waals surface area contributed by atoms with E-state index < -0.39 is 10.0 Å². The number of aromatic nitrogens is 2. The highest BCUT2D eigenvalue weighted by molar-refractivity contribution is 7.89. The number of hydrogen-bond acceptors (Lipinski definition) is 4. The first kappa shape index (κ1) is 15.5. The average molecular weight is 309 g/mol. The van der Waals surface area contributed by atoms with Crippen LogP contribution in [0.5, 0.6) is 5.75 Å². The fourth-order valence-corrected chi connectivity index (χ4v) is 3.17. The van der Waals surface area contributed by atoms with Gasteiger partial charge < -0.3 is 9.67 Å². The number of aryl methyl sites for hydroxylation is 2. The molecule has 0 aliphatic rings. The summed E-state index contributed by atoms with van der Waals surface area (Å²) in [6.45, 7) is 4.62. The Morgan fingerprint density at radius 2 is 1.90 bits per heavy atom. The Morgan fingerprint density at radius 1 is 1.29 bits per heavy atom. The molecular formula is C14H19N3O3S. The van der Waals surface area contributed by atoms with E-state index in [1.807, 2.05) is 6.92 Å². The van der Waals surface area contributed by atoms with E-state index in [0.29, 0.717) is 12.4 Å². The highest BCUT2D eigenvalue weighted by Gasteiger charge is 2.24. The molecule has 114 valence electrons. The van der Waals surface area contributed by atoms with Crippen LogP contribution < -0.4 is 0 Å². The molecule has 1 aromatic carbocycles. The molecule has 0 atom stereocenters. The molecule has 0 bridgehead atoms. The molecule has 1 aromatic heterocycles. The summed E-state index contributed by atoms with van der Waals surface area (Å²) in [5, 5.41) is 9.30. The summed E-state index contributed by atoms with van der Waals surface area (Å²) in [6.07, 6.45) is 1.55. The first-order valence-electron chi connectivity index (χ1n) is 6.62. The van der Waals surface area contributed by atoms with Gasteiger partial charge in [-0.3, -0.25) is 0 Å². The van der Waals surface area contributed by atoms with Crippen molar-refractivity contribution in [3.8, 4) is 5.75 Å². The number of imidazole rings is 1. The zero-order valence-electron chi connectivity index (χ0n) is 12.3. The fourth-order valence-electron chi connectivity index (χ4n) is 2.03. The van der Waals surface area contributed by atoms with Crippen LogP contribution in [0.4, 0.5) is 0 Å². The Hall–Kier alpha value is -1.86. The van der Waals surface area contributed by atoms with Crippen LogP contribution in [0, 0.1) is 6.92 Å². The SMILES string of the molecule is CCn1cc(S(=O)(=O)N(C)Cc2ccc(O)cc2)nc1C. The van der Waals surface area contributed by atoms with Gasteiger partial charge in [0.25, 0.3) is 10.0 Å². The van der Waals surface area contributed by atoms with Crippen molar-refractivity contribution < 1.29 is 13.5 Å². The Balaban J connectivity index is 2.23. The van der Waals surface area contributed by atoms with Crippen molar-refractivity contribution in [3.05, 3.63) is 41.9 Å². The van der Waals surface area contributed by atoms with Crippen molar-refractivity contribution in [1.29, 1.82) is 0 Å². The molecule has 0 saturated carbocycles. The third kappa shape index (κ3) is 3.25. The van der Waals surface area contributed by atoms with Crippen LogP contribution in [0.25, 0.3) is 0 Å². The second-order valence-electron chi connectivity index (χ2n) is 4.84. The van der Waals surface area contributed by atoms with Crippen LogP contribution in [0.1, 0.15) is 18.3 Å². The second-order valence-corrected chi connectivity index (χ2v) is 6.83. The third-order valence-corrected chi connectivity index (χ3v) is 4.99. The predicted molar refractivity (Wildman–Crippen MR) is 79.4 cm³/mol. The van der Waals surface area contributed by atoms with E-state index in [0.717, 1.165) is 5.56 Å². The van der Waals surface area contributed by atoms with Gasteiger partial charge in [-0.15, -0.1) is 0 Å². The van der Waals surface area contributed by atoms with Crippen molar-refractivity contribution >= 4 is 10.0 Å². The Morgan fingerprint density at radius 3 is 2.43 bits per heavy atom. The molecule has 21 heavy (non-hydrogen) atoms.